The molecule has 0 atom stereocenters. The highest BCUT2D eigenvalue weighted by molar-refractivity contribution is 6.17. The van der Waals surface area contributed by atoms with Crippen LogP contribution in [-0.2, 0) is 4.79 Å². The third-order valence-electron chi connectivity index (χ3n) is 1.36. The Kier molecular flexibility index (Phi) is 7.59. The van der Waals surface area contributed by atoms with Gasteiger partial charge in [0.15, 0.2) is 5.78 Å². The Hall–Kier alpha value is -0.300. The molecule has 0 radical (unpaired) electrons. The lowest BCUT2D eigenvalue weighted by Gasteiger charge is -1.92. The van der Waals surface area contributed by atoms with Crippen molar-refractivity contribution in [3.8, 4) is 0 Å². The van der Waals surface area contributed by atoms with Gasteiger partial charge in [-0.25, -0.2) is 0 Å². The lowest BCUT2D eigenvalue weighted by molar-refractivity contribution is -0.112. The van der Waals surface area contributed by atoms with Crippen LogP contribution in [0, 0.1) is 0 Å². The third kappa shape index (κ3) is 9.70. The first-order chi connectivity index (χ1) is 5.27. The molecule has 64 valence electrons. The number of carbonyl (C=O) groups is 1. The van der Waals surface area contributed by atoms with Gasteiger partial charge >= 0.3 is 0 Å². The minimum Gasteiger partial charge on any atom is -0.295 e. The average Bonchev–Trinajstić information content (AvgIpc) is 1.96. The molecule has 0 fully saturated rings. The van der Waals surface area contributed by atoms with E-state index in [0.717, 1.165) is 31.6 Å². The van der Waals surface area contributed by atoms with Crippen LogP contribution in [0.3, 0.4) is 0 Å². The molecule has 0 N–H and O–H groups in total. The summed E-state index contributed by atoms with van der Waals surface area (Å²) >= 11 is 5.49. The Labute approximate surface area is 73.4 Å². The Morgan fingerprint density at radius 2 is 2.09 bits per heavy atom. The van der Waals surface area contributed by atoms with Crippen LogP contribution >= 0.6 is 11.6 Å². The first-order valence-electron chi connectivity index (χ1n) is 4.00. The normalized spacial score (nSPS) is 10.7. The van der Waals surface area contributed by atoms with Gasteiger partial charge in [-0.3, -0.25) is 4.79 Å². The van der Waals surface area contributed by atoms with Crippen LogP contribution in [0.1, 0.15) is 32.6 Å². The molecule has 0 aromatic heterocycles. The molecule has 0 amide bonds. The van der Waals surface area contributed by atoms with E-state index in [-0.39, 0.29) is 5.78 Å². The molecule has 0 aliphatic carbocycles. The quantitative estimate of drug-likeness (QED) is 0.344. The molecule has 0 rings (SSSR count). The molecule has 11 heavy (non-hydrogen) atoms. The van der Waals surface area contributed by atoms with E-state index in [4.69, 9.17) is 11.6 Å². The highest BCUT2D eigenvalue weighted by atomic mass is 35.5. The van der Waals surface area contributed by atoms with Gasteiger partial charge in [-0.05, 0) is 32.3 Å². The van der Waals surface area contributed by atoms with Crippen molar-refractivity contribution in [2.75, 3.05) is 5.88 Å². The molecule has 0 aromatic carbocycles. The molecule has 0 spiro atoms. The number of hydrogen-bond acceptors (Lipinski definition) is 1. The summed E-state index contributed by atoms with van der Waals surface area (Å²) in [6.07, 6.45) is 7.92. The zero-order valence-electron chi connectivity index (χ0n) is 6.98. The summed E-state index contributed by atoms with van der Waals surface area (Å²) in [7, 11) is 0. The molecule has 0 aromatic rings. The number of unbranched alkanes of at least 4 members (excludes halogenated alkanes) is 3. The Morgan fingerprint density at radius 1 is 1.36 bits per heavy atom. The fourth-order valence-electron chi connectivity index (χ4n) is 0.783. The van der Waals surface area contributed by atoms with Crippen LogP contribution in [0.5, 0.6) is 0 Å². The van der Waals surface area contributed by atoms with E-state index in [2.05, 4.69) is 0 Å². The first kappa shape index (κ1) is 10.7. The minimum atomic E-state index is 0.127. The molecular weight excluding hydrogens is 160 g/mol. The maximum atomic E-state index is 10.4. The van der Waals surface area contributed by atoms with Crippen LogP contribution in [0.15, 0.2) is 12.2 Å². The maximum absolute atomic E-state index is 10.4. The molecule has 2 heteroatoms. The predicted molar refractivity (Wildman–Crippen MR) is 49.0 cm³/mol. The molecule has 0 aliphatic heterocycles. The average molecular weight is 175 g/mol. The molecular formula is C9H15ClO. The fourth-order valence-corrected chi connectivity index (χ4v) is 0.972. The van der Waals surface area contributed by atoms with E-state index in [1.807, 2.05) is 6.08 Å². The molecule has 0 bridgehead atoms. The number of rotatable bonds is 6. The van der Waals surface area contributed by atoms with Gasteiger partial charge in [0, 0.05) is 5.88 Å². The van der Waals surface area contributed by atoms with Gasteiger partial charge in [0.05, 0.1) is 0 Å². The number of alkyl halides is 1. The Balaban J connectivity index is 3.07. The summed E-state index contributed by atoms with van der Waals surface area (Å²) in [6, 6.07) is 0. The number of halogens is 1. The monoisotopic (exact) mass is 174 g/mol. The summed E-state index contributed by atoms with van der Waals surface area (Å²) in [5.74, 6) is 0.874. The van der Waals surface area contributed by atoms with E-state index in [0.29, 0.717) is 0 Å². The van der Waals surface area contributed by atoms with E-state index in [9.17, 15) is 4.79 Å². The van der Waals surface area contributed by atoms with Crippen LogP contribution in [0.4, 0.5) is 0 Å². The largest absolute Gasteiger partial charge is 0.295 e. The smallest absolute Gasteiger partial charge is 0.152 e. The standard InChI is InChI=1S/C9H15ClO/c1-9(11)7-5-3-2-4-6-8-10/h5,7H,2-4,6,8H2,1H3. The maximum Gasteiger partial charge on any atom is 0.152 e. The number of hydrogen-bond donors (Lipinski definition) is 0. The van der Waals surface area contributed by atoms with Crippen LogP contribution in [0.2, 0.25) is 0 Å². The summed E-state index contributed by atoms with van der Waals surface area (Å²) < 4.78 is 0. The van der Waals surface area contributed by atoms with Crippen molar-refractivity contribution in [2.24, 2.45) is 0 Å². The van der Waals surface area contributed by atoms with Crippen LogP contribution in [0.25, 0.3) is 0 Å². The van der Waals surface area contributed by atoms with E-state index in [1.165, 1.54) is 0 Å². The number of ketones is 1. The van der Waals surface area contributed by atoms with Gasteiger partial charge < -0.3 is 0 Å². The topological polar surface area (TPSA) is 17.1 Å². The highest BCUT2D eigenvalue weighted by Crippen LogP contribution is 2.01. The lowest BCUT2D eigenvalue weighted by Crippen LogP contribution is -1.80. The second-order valence-electron chi connectivity index (χ2n) is 2.55. The van der Waals surface area contributed by atoms with Gasteiger partial charge in [-0.2, -0.15) is 0 Å². The molecule has 1 nitrogen and oxygen atoms in total. The van der Waals surface area contributed by atoms with Gasteiger partial charge in [0.1, 0.15) is 0 Å². The second-order valence-corrected chi connectivity index (χ2v) is 2.93. The van der Waals surface area contributed by atoms with Crippen molar-refractivity contribution in [1.29, 1.82) is 0 Å². The van der Waals surface area contributed by atoms with Gasteiger partial charge in [0.2, 0.25) is 0 Å². The fraction of sp³-hybridized carbons (Fsp3) is 0.667. The third-order valence-corrected chi connectivity index (χ3v) is 1.62. The molecule has 0 heterocycles. The van der Waals surface area contributed by atoms with Crippen molar-refractivity contribution in [3.05, 3.63) is 12.2 Å². The van der Waals surface area contributed by atoms with Crippen molar-refractivity contribution in [2.45, 2.75) is 32.6 Å². The van der Waals surface area contributed by atoms with E-state index >= 15 is 0 Å². The SMILES string of the molecule is CC(=O)C=CCCCCCCl. The van der Waals surface area contributed by atoms with Crippen molar-refractivity contribution in [3.63, 3.8) is 0 Å². The lowest BCUT2D eigenvalue weighted by atomic mass is 10.2. The highest BCUT2D eigenvalue weighted by Gasteiger charge is 1.85. The van der Waals surface area contributed by atoms with Crippen molar-refractivity contribution >= 4 is 17.4 Å². The van der Waals surface area contributed by atoms with E-state index in [1.54, 1.807) is 13.0 Å². The number of allylic oxidation sites excluding steroid dienone is 2. The van der Waals surface area contributed by atoms with Gasteiger partial charge in [0.25, 0.3) is 0 Å². The van der Waals surface area contributed by atoms with E-state index < -0.39 is 0 Å². The first-order valence-corrected chi connectivity index (χ1v) is 4.54. The predicted octanol–water partition coefficient (Wildman–Crippen LogP) is 2.93. The zero-order chi connectivity index (χ0) is 8.53. The Morgan fingerprint density at radius 3 is 2.64 bits per heavy atom. The minimum absolute atomic E-state index is 0.127. The molecule has 0 saturated carbocycles. The van der Waals surface area contributed by atoms with Crippen LogP contribution < -0.4 is 0 Å². The Bertz CT molecular complexity index is 130. The summed E-state index contributed by atoms with van der Waals surface area (Å²) in [6.45, 7) is 1.56. The molecule has 0 aliphatic rings. The van der Waals surface area contributed by atoms with Crippen molar-refractivity contribution in [1.82, 2.24) is 0 Å². The summed E-state index contributed by atoms with van der Waals surface area (Å²) in [4.78, 5) is 10.4. The number of carbonyl (C=O) groups excluding carboxylic acids is 1. The summed E-state index contributed by atoms with van der Waals surface area (Å²) in [5.41, 5.74) is 0. The summed E-state index contributed by atoms with van der Waals surface area (Å²) in [5, 5.41) is 0. The molecule has 0 unspecified atom stereocenters. The van der Waals surface area contributed by atoms with Gasteiger partial charge in [-0.15, -0.1) is 11.6 Å². The molecule has 0 saturated heterocycles. The van der Waals surface area contributed by atoms with Gasteiger partial charge in [-0.1, -0.05) is 12.5 Å². The zero-order valence-corrected chi connectivity index (χ0v) is 7.73. The second kappa shape index (κ2) is 7.80. The van der Waals surface area contributed by atoms with Crippen LogP contribution in [-0.4, -0.2) is 11.7 Å². The van der Waals surface area contributed by atoms with Crippen molar-refractivity contribution < 1.29 is 4.79 Å².